The maximum absolute atomic E-state index is 12.5. The average Bonchev–Trinajstić information content (AvgIpc) is 3.31. The van der Waals surface area contributed by atoms with E-state index in [1.165, 1.54) is 244 Å². The van der Waals surface area contributed by atoms with Crippen LogP contribution < -0.4 is 5.32 Å². The first-order chi connectivity index (χ1) is 32.0. The zero-order valence-corrected chi connectivity index (χ0v) is 44.0. The molecule has 0 aromatic rings. The number of nitrogens with one attached hydrogen (secondary N) is 1. The Morgan fingerprint density at radius 1 is 0.415 bits per heavy atom. The van der Waals surface area contributed by atoms with Crippen LogP contribution in [0.4, 0.5) is 0 Å². The van der Waals surface area contributed by atoms with Gasteiger partial charge in [-0.15, -0.1) is 0 Å². The van der Waals surface area contributed by atoms with Crippen LogP contribution in [-0.4, -0.2) is 47.4 Å². The van der Waals surface area contributed by atoms with E-state index >= 15 is 0 Å². The van der Waals surface area contributed by atoms with Crippen molar-refractivity contribution in [1.29, 1.82) is 0 Å². The van der Waals surface area contributed by atoms with Gasteiger partial charge < -0.3 is 20.3 Å². The number of carbonyl (C=O) groups is 2. The van der Waals surface area contributed by atoms with E-state index in [1.807, 2.05) is 6.08 Å². The fourth-order valence-electron chi connectivity index (χ4n) is 9.28. The molecular weight excluding hydrogens is 803 g/mol. The monoisotopic (exact) mass is 918 g/mol. The topological polar surface area (TPSA) is 95.9 Å². The van der Waals surface area contributed by atoms with Gasteiger partial charge in [0.15, 0.2) is 0 Å². The molecule has 0 bridgehead atoms. The molecule has 0 radical (unpaired) electrons. The fourth-order valence-corrected chi connectivity index (χ4v) is 9.28. The molecule has 3 N–H and O–H groups in total. The Bertz CT molecular complexity index is 970. The Labute approximate surface area is 406 Å². The van der Waals surface area contributed by atoms with Gasteiger partial charge in [0, 0.05) is 12.8 Å². The predicted molar refractivity (Wildman–Crippen MR) is 283 cm³/mol. The molecule has 0 aliphatic heterocycles. The summed E-state index contributed by atoms with van der Waals surface area (Å²) in [7, 11) is 0. The van der Waals surface area contributed by atoms with Crippen molar-refractivity contribution in [3.05, 3.63) is 12.2 Å². The maximum Gasteiger partial charge on any atom is 0.305 e. The number of aliphatic hydroxyl groups excluding tert-OH is 2. The van der Waals surface area contributed by atoms with Crippen LogP contribution in [0.3, 0.4) is 0 Å². The van der Waals surface area contributed by atoms with Crippen LogP contribution in [0.1, 0.15) is 328 Å². The first kappa shape index (κ1) is 63.6. The third kappa shape index (κ3) is 51.8. The van der Waals surface area contributed by atoms with Crippen molar-refractivity contribution in [2.45, 2.75) is 341 Å². The lowest BCUT2D eigenvalue weighted by atomic mass is 10.0. The summed E-state index contributed by atoms with van der Waals surface area (Å²) in [5, 5.41) is 23.2. The van der Waals surface area contributed by atoms with Crippen molar-refractivity contribution in [3.63, 3.8) is 0 Å². The Balaban J connectivity index is 3.46. The van der Waals surface area contributed by atoms with Gasteiger partial charge in [0.25, 0.3) is 0 Å². The number of unbranched alkanes of at least 4 members (excludes halogenated alkanes) is 44. The molecule has 1 amide bonds. The molecule has 0 aromatic heterocycles. The summed E-state index contributed by atoms with van der Waals surface area (Å²) in [6.07, 6.45) is 65.1. The van der Waals surface area contributed by atoms with Crippen LogP contribution in [0.2, 0.25) is 0 Å². The predicted octanol–water partition coefficient (Wildman–Crippen LogP) is 18.1. The summed E-state index contributed by atoms with van der Waals surface area (Å²) in [5.41, 5.74) is 0. The van der Waals surface area contributed by atoms with Gasteiger partial charge in [-0.2, -0.15) is 0 Å². The van der Waals surface area contributed by atoms with Crippen molar-refractivity contribution in [2.75, 3.05) is 13.2 Å². The number of carbonyl (C=O) groups excluding carboxylic acids is 2. The van der Waals surface area contributed by atoms with Crippen molar-refractivity contribution < 1.29 is 24.5 Å². The minimum atomic E-state index is -0.851. The highest BCUT2D eigenvalue weighted by atomic mass is 16.5. The first-order valence-electron chi connectivity index (χ1n) is 29.5. The summed E-state index contributed by atoms with van der Waals surface area (Å²) in [4.78, 5) is 24.5. The van der Waals surface area contributed by atoms with Crippen LogP contribution in [0, 0.1) is 0 Å². The Hall–Kier alpha value is -1.40. The summed E-state index contributed by atoms with van der Waals surface area (Å²) in [6.45, 7) is 4.91. The normalized spacial score (nSPS) is 12.6. The molecule has 0 saturated heterocycles. The molecule has 6 heteroatoms. The third-order valence-corrected chi connectivity index (χ3v) is 13.8. The lowest BCUT2D eigenvalue weighted by Crippen LogP contribution is -2.45. The standard InChI is InChI=1S/C59H115NO5/c1-3-5-7-9-11-13-15-17-19-20-21-22-24-27-31-35-39-43-47-51-57(62)56(55-61)60-58(63)52-48-44-40-36-32-28-25-26-30-34-38-42-46-50-54-65-59(64)53-49-45-41-37-33-29-23-18-16-14-12-10-8-6-4-2/h47,51,56-57,61-62H,3-46,48-50,52-55H2,1-2H3,(H,60,63)/b51-47+. The number of ether oxygens (including phenoxy) is 1. The highest BCUT2D eigenvalue weighted by Crippen LogP contribution is 2.17. The summed E-state index contributed by atoms with van der Waals surface area (Å²) in [5.74, 6) is -0.0749. The molecule has 2 unspecified atom stereocenters. The fraction of sp³-hybridized carbons (Fsp3) is 0.932. The van der Waals surface area contributed by atoms with Crippen LogP contribution in [0.5, 0.6) is 0 Å². The van der Waals surface area contributed by atoms with Crippen molar-refractivity contribution in [1.82, 2.24) is 5.32 Å². The van der Waals surface area contributed by atoms with E-state index in [0.717, 1.165) is 57.8 Å². The van der Waals surface area contributed by atoms with Crippen molar-refractivity contribution in [3.8, 4) is 0 Å². The van der Waals surface area contributed by atoms with Gasteiger partial charge in [0.1, 0.15) is 0 Å². The third-order valence-electron chi connectivity index (χ3n) is 13.8. The molecule has 0 aliphatic rings. The van der Waals surface area contributed by atoms with Crippen LogP contribution >= 0.6 is 0 Å². The zero-order valence-electron chi connectivity index (χ0n) is 44.0. The number of amides is 1. The van der Waals surface area contributed by atoms with E-state index in [0.29, 0.717) is 19.4 Å². The molecule has 386 valence electrons. The second-order valence-corrected chi connectivity index (χ2v) is 20.3. The Morgan fingerprint density at radius 2 is 0.708 bits per heavy atom. The number of rotatable bonds is 55. The van der Waals surface area contributed by atoms with Gasteiger partial charge in [-0.05, 0) is 32.1 Å². The number of hydrogen-bond acceptors (Lipinski definition) is 5. The van der Waals surface area contributed by atoms with Crippen LogP contribution in [-0.2, 0) is 14.3 Å². The highest BCUT2D eigenvalue weighted by molar-refractivity contribution is 5.76. The van der Waals surface area contributed by atoms with E-state index < -0.39 is 12.1 Å². The molecule has 0 spiro atoms. The van der Waals surface area contributed by atoms with E-state index in [1.54, 1.807) is 6.08 Å². The molecular formula is C59H115NO5. The largest absolute Gasteiger partial charge is 0.466 e. The van der Waals surface area contributed by atoms with E-state index in [-0.39, 0.29) is 18.5 Å². The van der Waals surface area contributed by atoms with Gasteiger partial charge in [-0.3, -0.25) is 9.59 Å². The molecule has 6 nitrogen and oxygen atoms in total. The second-order valence-electron chi connectivity index (χ2n) is 20.3. The molecule has 65 heavy (non-hydrogen) atoms. The van der Waals surface area contributed by atoms with Gasteiger partial charge in [0.05, 0.1) is 25.4 Å². The second kappa shape index (κ2) is 55.2. The van der Waals surface area contributed by atoms with Crippen LogP contribution in [0.15, 0.2) is 12.2 Å². The minimum Gasteiger partial charge on any atom is -0.466 e. The molecule has 0 rings (SSSR count). The molecule has 2 atom stereocenters. The molecule has 0 aromatic carbocycles. The molecule has 0 aliphatic carbocycles. The number of aliphatic hydroxyl groups is 2. The number of hydrogen-bond donors (Lipinski definition) is 3. The van der Waals surface area contributed by atoms with Crippen LogP contribution in [0.25, 0.3) is 0 Å². The summed E-state index contributed by atoms with van der Waals surface area (Å²) in [6, 6.07) is -0.635. The van der Waals surface area contributed by atoms with Gasteiger partial charge in [0.2, 0.25) is 5.91 Å². The first-order valence-corrected chi connectivity index (χ1v) is 29.5. The van der Waals surface area contributed by atoms with Gasteiger partial charge in [-0.25, -0.2) is 0 Å². The number of allylic oxidation sites excluding steroid dienone is 1. The lowest BCUT2D eigenvalue weighted by Gasteiger charge is -2.20. The van der Waals surface area contributed by atoms with Crippen molar-refractivity contribution in [2.24, 2.45) is 0 Å². The summed E-state index contributed by atoms with van der Waals surface area (Å²) >= 11 is 0. The average molecular weight is 919 g/mol. The lowest BCUT2D eigenvalue weighted by molar-refractivity contribution is -0.143. The molecule has 0 fully saturated rings. The summed E-state index contributed by atoms with van der Waals surface area (Å²) < 4.78 is 5.48. The minimum absolute atomic E-state index is 0.000235. The van der Waals surface area contributed by atoms with Gasteiger partial charge >= 0.3 is 5.97 Å². The van der Waals surface area contributed by atoms with Crippen molar-refractivity contribution >= 4 is 11.9 Å². The molecule has 0 saturated carbocycles. The van der Waals surface area contributed by atoms with Gasteiger partial charge in [-0.1, -0.05) is 296 Å². The smallest absolute Gasteiger partial charge is 0.305 e. The number of esters is 1. The quantitative estimate of drug-likeness (QED) is 0.0321. The Morgan fingerprint density at radius 3 is 1.05 bits per heavy atom. The maximum atomic E-state index is 12.5. The van der Waals surface area contributed by atoms with E-state index in [9.17, 15) is 19.8 Å². The Kier molecular flexibility index (Phi) is 54.0. The highest BCUT2D eigenvalue weighted by Gasteiger charge is 2.18. The molecule has 0 heterocycles. The van der Waals surface area contributed by atoms with E-state index in [2.05, 4.69) is 19.2 Å². The SMILES string of the molecule is CCCCCCCCCCCCCCCCCCC/C=C/C(O)C(CO)NC(=O)CCCCCCCCCCCCCCCCOC(=O)CCCCCCCCCCCCCCCCC. The zero-order chi connectivity index (χ0) is 47.2. The van der Waals surface area contributed by atoms with E-state index in [4.69, 9.17) is 4.74 Å².